The molecule has 3 N–H and O–H groups in total. The van der Waals surface area contributed by atoms with Crippen LogP contribution < -0.4 is 4.74 Å². The minimum absolute atomic E-state index is 0.143. The number of hydrogen-bond acceptors (Lipinski definition) is 9. The third kappa shape index (κ3) is 4.54. The van der Waals surface area contributed by atoms with E-state index >= 15 is 0 Å². The average Bonchev–Trinajstić information content (AvgIpc) is 3.39. The molecule has 4 rings (SSSR count). The topological polar surface area (TPSA) is 139 Å². The zero-order valence-electron chi connectivity index (χ0n) is 17.0. The number of fused-ring (bicyclic) bond motifs is 1. The normalized spacial score (nSPS) is 13.0. The highest BCUT2D eigenvalue weighted by molar-refractivity contribution is 6.36. The van der Waals surface area contributed by atoms with Gasteiger partial charge in [0.05, 0.1) is 28.5 Å². The van der Waals surface area contributed by atoms with E-state index in [-0.39, 0.29) is 34.1 Å². The summed E-state index contributed by atoms with van der Waals surface area (Å²) >= 11 is 12.6. The van der Waals surface area contributed by atoms with Crippen LogP contribution in [0.1, 0.15) is 19.5 Å². The Morgan fingerprint density at radius 2 is 1.97 bits per heavy atom. The zero-order valence-corrected chi connectivity index (χ0v) is 18.5. The molecule has 168 valence electrons. The molecule has 0 aliphatic heterocycles. The van der Waals surface area contributed by atoms with Crippen LogP contribution in [-0.4, -0.2) is 59.1 Å². The predicted molar refractivity (Wildman–Crippen MR) is 116 cm³/mol. The van der Waals surface area contributed by atoms with Crippen molar-refractivity contribution in [3.05, 3.63) is 46.5 Å². The van der Waals surface area contributed by atoms with Crippen molar-refractivity contribution in [3.63, 3.8) is 0 Å². The summed E-state index contributed by atoms with van der Waals surface area (Å²) in [7, 11) is 0. The molecule has 32 heavy (non-hydrogen) atoms. The van der Waals surface area contributed by atoms with Crippen molar-refractivity contribution in [2.75, 3.05) is 13.2 Å². The fraction of sp³-hybridized carbons (Fsp3) is 0.300. The molecule has 10 nitrogen and oxygen atoms in total. The molecule has 0 spiro atoms. The van der Waals surface area contributed by atoms with E-state index in [2.05, 4.69) is 20.1 Å². The first-order valence-corrected chi connectivity index (χ1v) is 10.2. The molecule has 0 aliphatic rings. The van der Waals surface area contributed by atoms with Gasteiger partial charge in [0, 0.05) is 24.0 Å². The number of imidazole rings is 1. The SMILES string of the molecule is CC(C)(O)c1cn2cc(-c3nc(-c4cc(Cl)c(OCC(O)CO)cc4Cl)no3)nc2cn1. The fourth-order valence-corrected chi connectivity index (χ4v) is 3.26. The van der Waals surface area contributed by atoms with Crippen LogP contribution in [0.4, 0.5) is 0 Å². The molecule has 0 amide bonds. The van der Waals surface area contributed by atoms with Crippen molar-refractivity contribution in [1.29, 1.82) is 0 Å². The van der Waals surface area contributed by atoms with Crippen molar-refractivity contribution >= 4 is 28.8 Å². The molecular formula is C20H19Cl2N5O5. The lowest BCUT2D eigenvalue weighted by Crippen LogP contribution is -2.21. The maximum Gasteiger partial charge on any atom is 0.278 e. The molecular weight excluding hydrogens is 461 g/mol. The molecule has 0 fully saturated rings. The van der Waals surface area contributed by atoms with Gasteiger partial charge in [0.2, 0.25) is 5.82 Å². The van der Waals surface area contributed by atoms with E-state index in [1.807, 2.05) is 0 Å². The van der Waals surface area contributed by atoms with Crippen LogP contribution in [0.25, 0.3) is 28.6 Å². The molecule has 0 radical (unpaired) electrons. The summed E-state index contributed by atoms with van der Waals surface area (Å²) in [6.45, 7) is 2.70. The van der Waals surface area contributed by atoms with Crippen molar-refractivity contribution in [2.24, 2.45) is 0 Å². The molecule has 3 aromatic heterocycles. The molecule has 1 aromatic carbocycles. The summed E-state index contributed by atoms with van der Waals surface area (Å²) < 4.78 is 12.4. The lowest BCUT2D eigenvalue weighted by molar-refractivity contribution is 0.0536. The van der Waals surface area contributed by atoms with Gasteiger partial charge in [0.15, 0.2) is 5.65 Å². The van der Waals surface area contributed by atoms with E-state index in [4.69, 9.17) is 37.6 Å². The van der Waals surface area contributed by atoms with Crippen LogP contribution in [-0.2, 0) is 5.60 Å². The Labute approximate surface area is 192 Å². The van der Waals surface area contributed by atoms with E-state index in [1.54, 1.807) is 30.6 Å². The lowest BCUT2D eigenvalue weighted by Gasteiger charge is -2.15. The Balaban J connectivity index is 1.62. The number of aliphatic hydroxyl groups is 3. The van der Waals surface area contributed by atoms with Gasteiger partial charge >= 0.3 is 0 Å². The van der Waals surface area contributed by atoms with Gasteiger partial charge in [0.1, 0.15) is 29.8 Å². The van der Waals surface area contributed by atoms with Crippen LogP contribution >= 0.6 is 23.2 Å². The smallest absolute Gasteiger partial charge is 0.278 e. The Morgan fingerprint density at radius 1 is 1.19 bits per heavy atom. The molecule has 1 atom stereocenters. The second-order valence-corrected chi connectivity index (χ2v) is 8.37. The highest BCUT2D eigenvalue weighted by Gasteiger charge is 2.21. The van der Waals surface area contributed by atoms with Gasteiger partial charge in [-0.2, -0.15) is 4.98 Å². The Kier molecular flexibility index (Phi) is 6.06. The Hall–Kier alpha value is -2.76. The second kappa shape index (κ2) is 8.64. The van der Waals surface area contributed by atoms with Gasteiger partial charge in [0.25, 0.3) is 5.89 Å². The van der Waals surface area contributed by atoms with Crippen LogP contribution in [0.3, 0.4) is 0 Å². The third-order valence-electron chi connectivity index (χ3n) is 4.52. The number of ether oxygens (including phenoxy) is 1. The maximum atomic E-state index is 10.2. The maximum absolute atomic E-state index is 10.2. The number of hydrogen-bond donors (Lipinski definition) is 3. The molecule has 12 heteroatoms. The number of nitrogens with zero attached hydrogens (tertiary/aromatic N) is 5. The summed E-state index contributed by atoms with van der Waals surface area (Å²) in [6.07, 6.45) is 3.86. The van der Waals surface area contributed by atoms with Crippen molar-refractivity contribution < 1.29 is 24.6 Å². The Morgan fingerprint density at radius 3 is 2.69 bits per heavy atom. The van der Waals surface area contributed by atoms with E-state index in [9.17, 15) is 10.2 Å². The number of aromatic nitrogens is 5. The van der Waals surface area contributed by atoms with E-state index in [0.29, 0.717) is 22.6 Å². The summed E-state index contributed by atoms with van der Waals surface area (Å²) in [5.74, 6) is 0.598. The minimum Gasteiger partial charge on any atom is -0.489 e. The Bertz CT molecular complexity index is 1270. The van der Waals surface area contributed by atoms with Crippen molar-refractivity contribution in [2.45, 2.75) is 25.6 Å². The minimum atomic E-state index is -1.10. The second-order valence-electron chi connectivity index (χ2n) is 7.56. The molecule has 0 saturated carbocycles. The summed E-state index contributed by atoms with van der Waals surface area (Å²) in [5.41, 5.74) is 0.754. The third-order valence-corrected chi connectivity index (χ3v) is 5.13. The number of rotatable bonds is 7. The van der Waals surface area contributed by atoms with E-state index in [1.165, 1.54) is 18.3 Å². The van der Waals surface area contributed by atoms with Gasteiger partial charge in [-0.3, -0.25) is 4.98 Å². The quantitative estimate of drug-likeness (QED) is 0.364. The first-order chi connectivity index (χ1) is 15.2. The van der Waals surface area contributed by atoms with Crippen LogP contribution in [0, 0.1) is 0 Å². The van der Waals surface area contributed by atoms with Crippen molar-refractivity contribution in [1.82, 2.24) is 24.5 Å². The van der Waals surface area contributed by atoms with Gasteiger partial charge in [-0.05, 0) is 19.9 Å². The highest BCUT2D eigenvalue weighted by Crippen LogP contribution is 2.36. The summed E-state index contributed by atoms with van der Waals surface area (Å²) in [6, 6.07) is 2.98. The van der Waals surface area contributed by atoms with Gasteiger partial charge in [-0.1, -0.05) is 28.4 Å². The molecule has 0 aliphatic carbocycles. The summed E-state index contributed by atoms with van der Waals surface area (Å²) in [4.78, 5) is 13.0. The van der Waals surface area contributed by atoms with Gasteiger partial charge in [-0.15, -0.1) is 0 Å². The fourth-order valence-electron chi connectivity index (χ4n) is 2.80. The van der Waals surface area contributed by atoms with Gasteiger partial charge < -0.3 is 29.0 Å². The standard InChI is InChI=1S/C20H19Cl2N5O5/c1-20(2,30)16-7-27-6-14(24-17(27)5-23-16)19-25-18(26-32-19)11-3-13(22)15(4-12(11)21)31-9-10(29)8-28/h3-7,10,28-30H,8-9H2,1-2H3. The summed E-state index contributed by atoms with van der Waals surface area (Å²) in [5, 5.41) is 32.9. The first kappa shape index (κ1) is 22.4. The molecule has 4 aromatic rings. The number of halogens is 2. The van der Waals surface area contributed by atoms with Crippen LogP contribution in [0.15, 0.2) is 35.2 Å². The molecule has 0 saturated heterocycles. The van der Waals surface area contributed by atoms with E-state index in [0.717, 1.165) is 0 Å². The largest absolute Gasteiger partial charge is 0.489 e. The lowest BCUT2D eigenvalue weighted by atomic mass is 10.1. The zero-order chi connectivity index (χ0) is 23.0. The average molecular weight is 480 g/mol. The first-order valence-electron chi connectivity index (χ1n) is 9.48. The van der Waals surface area contributed by atoms with Gasteiger partial charge in [-0.25, -0.2) is 4.98 Å². The monoisotopic (exact) mass is 479 g/mol. The molecule has 0 bridgehead atoms. The molecule has 1 unspecified atom stereocenters. The number of benzene rings is 1. The highest BCUT2D eigenvalue weighted by atomic mass is 35.5. The van der Waals surface area contributed by atoms with Crippen molar-refractivity contribution in [3.8, 4) is 28.7 Å². The predicted octanol–water partition coefficient (Wildman–Crippen LogP) is 2.71. The van der Waals surface area contributed by atoms with E-state index < -0.39 is 18.3 Å². The van der Waals surface area contributed by atoms with Crippen LogP contribution in [0.5, 0.6) is 5.75 Å². The number of aliphatic hydroxyl groups excluding tert-OH is 2. The van der Waals surface area contributed by atoms with Crippen LogP contribution in [0.2, 0.25) is 10.0 Å². The molecule has 3 heterocycles.